The maximum absolute atomic E-state index is 11.6. The van der Waals surface area contributed by atoms with E-state index in [4.69, 9.17) is 5.73 Å². The van der Waals surface area contributed by atoms with E-state index >= 15 is 0 Å². The number of carbonyl (C=O) groups is 1. The molecule has 2 aromatic rings. The zero-order valence-corrected chi connectivity index (χ0v) is 11.2. The SMILES string of the molecule is CC(N)CCC(=O)NCc1ccc2ccccc2c1. The number of carbonyl (C=O) groups excluding carboxylic acids is 1. The molecule has 0 saturated carbocycles. The summed E-state index contributed by atoms with van der Waals surface area (Å²) in [6, 6.07) is 14.5. The maximum atomic E-state index is 11.6. The Kier molecular flexibility index (Phi) is 4.53. The van der Waals surface area contributed by atoms with Crippen molar-refractivity contribution in [3.05, 3.63) is 48.0 Å². The Morgan fingerprint density at radius 1 is 1.21 bits per heavy atom. The topological polar surface area (TPSA) is 55.1 Å². The number of nitrogens with two attached hydrogens (primary N) is 1. The molecule has 0 saturated heterocycles. The number of rotatable bonds is 5. The molecule has 1 unspecified atom stereocenters. The Morgan fingerprint density at radius 3 is 2.68 bits per heavy atom. The summed E-state index contributed by atoms with van der Waals surface area (Å²) in [5.41, 5.74) is 6.75. The van der Waals surface area contributed by atoms with E-state index in [2.05, 4.69) is 29.6 Å². The van der Waals surface area contributed by atoms with Crippen molar-refractivity contribution in [1.29, 1.82) is 0 Å². The van der Waals surface area contributed by atoms with Crippen LogP contribution in [0.1, 0.15) is 25.3 Å². The van der Waals surface area contributed by atoms with Crippen LogP contribution in [-0.4, -0.2) is 11.9 Å². The molecule has 2 rings (SSSR count). The van der Waals surface area contributed by atoms with Gasteiger partial charge in [-0.15, -0.1) is 0 Å². The highest BCUT2D eigenvalue weighted by Crippen LogP contribution is 2.15. The quantitative estimate of drug-likeness (QED) is 0.864. The standard InChI is InChI=1S/C16H20N2O/c1-12(17)6-9-16(19)18-11-13-7-8-14-4-2-3-5-15(14)10-13/h2-5,7-8,10,12H,6,9,11,17H2,1H3,(H,18,19). The van der Waals surface area contributed by atoms with Gasteiger partial charge in [-0.25, -0.2) is 0 Å². The maximum Gasteiger partial charge on any atom is 0.220 e. The van der Waals surface area contributed by atoms with Crippen LogP contribution in [0.15, 0.2) is 42.5 Å². The molecule has 0 aliphatic carbocycles. The van der Waals surface area contributed by atoms with Crippen LogP contribution in [0, 0.1) is 0 Å². The van der Waals surface area contributed by atoms with E-state index in [1.54, 1.807) is 0 Å². The van der Waals surface area contributed by atoms with Gasteiger partial charge >= 0.3 is 0 Å². The van der Waals surface area contributed by atoms with Gasteiger partial charge in [-0.1, -0.05) is 36.4 Å². The molecule has 0 bridgehead atoms. The lowest BCUT2D eigenvalue weighted by molar-refractivity contribution is -0.121. The number of fused-ring (bicyclic) bond motifs is 1. The zero-order chi connectivity index (χ0) is 13.7. The van der Waals surface area contributed by atoms with Crippen molar-refractivity contribution < 1.29 is 4.79 Å². The third-order valence-corrected chi connectivity index (χ3v) is 3.13. The summed E-state index contributed by atoms with van der Waals surface area (Å²) in [5.74, 6) is 0.0606. The van der Waals surface area contributed by atoms with Gasteiger partial charge in [0.2, 0.25) is 5.91 Å². The Bertz CT molecular complexity index is 563. The fourth-order valence-electron chi connectivity index (χ4n) is 2.00. The van der Waals surface area contributed by atoms with Crippen LogP contribution in [0.25, 0.3) is 10.8 Å². The lowest BCUT2D eigenvalue weighted by Crippen LogP contribution is -2.25. The molecule has 19 heavy (non-hydrogen) atoms. The first-order valence-electron chi connectivity index (χ1n) is 6.65. The van der Waals surface area contributed by atoms with Crippen molar-refractivity contribution in [3.63, 3.8) is 0 Å². The van der Waals surface area contributed by atoms with Crippen LogP contribution >= 0.6 is 0 Å². The highest BCUT2D eigenvalue weighted by molar-refractivity contribution is 5.83. The van der Waals surface area contributed by atoms with E-state index in [-0.39, 0.29) is 11.9 Å². The predicted octanol–water partition coefficient (Wildman–Crippen LogP) is 2.58. The van der Waals surface area contributed by atoms with Crippen LogP contribution in [0.2, 0.25) is 0 Å². The monoisotopic (exact) mass is 256 g/mol. The fourth-order valence-corrected chi connectivity index (χ4v) is 2.00. The van der Waals surface area contributed by atoms with Gasteiger partial charge in [0.1, 0.15) is 0 Å². The summed E-state index contributed by atoms with van der Waals surface area (Å²) >= 11 is 0. The molecule has 0 aliphatic rings. The molecular formula is C16H20N2O. The number of nitrogens with one attached hydrogen (secondary N) is 1. The van der Waals surface area contributed by atoms with Crippen molar-refractivity contribution in [1.82, 2.24) is 5.32 Å². The van der Waals surface area contributed by atoms with Crippen molar-refractivity contribution >= 4 is 16.7 Å². The second-order valence-electron chi connectivity index (χ2n) is 4.97. The van der Waals surface area contributed by atoms with Crippen LogP contribution in [0.5, 0.6) is 0 Å². The summed E-state index contributed by atoms with van der Waals surface area (Å²) in [4.78, 5) is 11.6. The summed E-state index contributed by atoms with van der Waals surface area (Å²) in [7, 11) is 0. The molecule has 0 heterocycles. The number of hydrogen-bond acceptors (Lipinski definition) is 2. The molecule has 0 fully saturated rings. The molecular weight excluding hydrogens is 236 g/mol. The van der Waals surface area contributed by atoms with E-state index in [0.717, 1.165) is 12.0 Å². The summed E-state index contributed by atoms with van der Waals surface area (Å²) in [6.45, 7) is 2.49. The van der Waals surface area contributed by atoms with Gasteiger partial charge in [0.25, 0.3) is 0 Å². The van der Waals surface area contributed by atoms with E-state index < -0.39 is 0 Å². The van der Waals surface area contributed by atoms with Gasteiger partial charge in [0, 0.05) is 19.0 Å². The molecule has 3 N–H and O–H groups in total. The Labute approximate surface area is 113 Å². The molecule has 0 spiro atoms. The second-order valence-corrected chi connectivity index (χ2v) is 4.97. The second kappa shape index (κ2) is 6.34. The third kappa shape index (κ3) is 4.07. The Balaban J connectivity index is 1.92. The first-order valence-corrected chi connectivity index (χ1v) is 6.65. The summed E-state index contributed by atoms with van der Waals surface area (Å²) in [6.07, 6.45) is 1.22. The molecule has 3 heteroatoms. The van der Waals surface area contributed by atoms with Crippen molar-refractivity contribution in [2.45, 2.75) is 32.4 Å². The average molecular weight is 256 g/mol. The molecule has 1 amide bonds. The highest BCUT2D eigenvalue weighted by atomic mass is 16.1. The molecule has 100 valence electrons. The molecule has 0 aromatic heterocycles. The minimum absolute atomic E-state index is 0.0606. The molecule has 0 aliphatic heterocycles. The zero-order valence-electron chi connectivity index (χ0n) is 11.2. The Morgan fingerprint density at radius 2 is 1.95 bits per heavy atom. The third-order valence-electron chi connectivity index (χ3n) is 3.13. The van der Waals surface area contributed by atoms with Crippen molar-refractivity contribution in [2.75, 3.05) is 0 Å². The van der Waals surface area contributed by atoms with E-state index in [9.17, 15) is 4.79 Å². The van der Waals surface area contributed by atoms with Gasteiger partial charge in [-0.05, 0) is 35.7 Å². The normalized spacial score (nSPS) is 12.3. The van der Waals surface area contributed by atoms with Gasteiger partial charge in [-0.3, -0.25) is 4.79 Å². The highest BCUT2D eigenvalue weighted by Gasteiger charge is 2.03. The van der Waals surface area contributed by atoms with E-state index in [1.165, 1.54) is 10.8 Å². The Hall–Kier alpha value is -1.87. The van der Waals surface area contributed by atoms with Crippen LogP contribution in [0.3, 0.4) is 0 Å². The van der Waals surface area contributed by atoms with Gasteiger partial charge in [-0.2, -0.15) is 0 Å². The van der Waals surface area contributed by atoms with Crippen LogP contribution < -0.4 is 11.1 Å². The predicted molar refractivity (Wildman–Crippen MR) is 78.7 cm³/mol. The average Bonchev–Trinajstić information content (AvgIpc) is 2.42. The largest absolute Gasteiger partial charge is 0.352 e. The van der Waals surface area contributed by atoms with Crippen LogP contribution in [0.4, 0.5) is 0 Å². The first kappa shape index (κ1) is 13.6. The van der Waals surface area contributed by atoms with Crippen molar-refractivity contribution in [2.24, 2.45) is 5.73 Å². The summed E-state index contributed by atoms with van der Waals surface area (Å²) < 4.78 is 0. The molecule has 1 atom stereocenters. The van der Waals surface area contributed by atoms with E-state index in [1.807, 2.05) is 25.1 Å². The minimum atomic E-state index is 0.0606. The number of hydrogen-bond donors (Lipinski definition) is 2. The number of benzene rings is 2. The summed E-state index contributed by atoms with van der Waals surface area (Å²) in [5, 5.41) is 5.34. The van der Waals surface area contributed by atoms with Gasteiger partial charge < -0.3 is 11.1 Å². The van der Waals surface area contributed by atoms with Gasteiger partial charge in [0.05, 0.1) is 0 Å². The molecule has 3 nitrogen and oxygen atoms in total. The number of amides is 1. The minimum Gasteiger partial charge on any atom is -0.352 e. The fraction of sp³-hybridized carbons (Fsp3) is 0.312. The first-order chi connectivity index (χ1) is 9.15. The smallest absolute Gasteiger partial charge is 0.220 e. The lowest BCUT2D eigenvalue weighted by atomic mass is 10.1. The van der Waals surface area contributed by atoms with Crippen LogP contribution in [-0.2, 0) is 11.3 Å². The van der Waals surface area contributed by atoms with Gasteiger partial charge in [0.15, 0.2) is 0 Å². The van der Waals surface area contributed by atoms with Crippen molar-refractivity contribution in [3.8, 4) is 0 Å². The molecule has 2 aromatic carbocycles. The lowest BCUT2D eigenvalue weighted by Gasteiger charge is -2.08. The van der Waals surface area contributed by atoms with E-state index in [0.29, 0.717) is 13.0 Å². The molecule has 0 radical (unpaired) electrons.